The van der Waals surface area contributed by atoms with Crippen LogP contribution in [0.3, 0.4) is 0 Å². The number of anilines is 1. The van der Waals surface area contributed by atoms with Gasteiger partial charge in [0.25, 0.3) is 5.91 Å². The summed E-state index contributed by atoms with van der Waals surface area (Å²) in [6, 6.07) is 2.41. The zero-order valence-electron chi connectivity index (χ0n) is 11.7. The summed E-state index contributed by atoms with van der Waals surface area (Å²) in [6.45, 7) is 2.48. The molecule has 2 aromatic rings. The number of nitrogen functional groups attached to an aromatic ring is 1. The van der Waals surface area contributed by atoms with E-state index < -0.39 is 0 Å². The number of nitrogens with two attached hydrogens (primary N) is 1. The second kappa shape index (κ2) is 4.94. The van der Waals surface area contributed by atoms with Gasteiger partial charge in [-0.15, -0.1) is 0 Å². The van der Waals surface area contributed by atoms with Gasteiger partial charge in [0.15, 0.2) is 0 Å². The molecule has 6 heteroatoms. The van der Waals surface area contributed by atoms with Crippen molar-refractivity contribution in [2.45, 2.75) is 32.4 Å². The fourth-order valence-corrected chi connectivity index (χ4v) is 3.06. The van der Waals surface area contributed by atoms with E-state index in [9.17, 15) is 4.79 Å². The molecular formula is C14H18N4OS. The van der Waals surface area contributed by atoms with Gasteiger partial charge in [0.05, 0.1) is 11.4 Å². The summed E-state index contributed by atoms with van der Waals surface area (Å²) < 4.78 is 1.59. The lowest BCUT2D eigenvalue weighted by Crippen LogP contribution is -2.34. The molecule has 0 aliphatic heterocycles. The molecule has 1 aliphatic rings. The molecule has 0 saturated heterocycles. The van der Waals surface area contributed by atoms with E-state index in [1.54, 1.807) is 23.1 Å². The van der Waals surface area contributed by atoms with Crippen molar-refractivity contribution < 1.29 is 4.79 Å². The van der Waals surface area contributed by atoms with Crippen LogP contribution in [0.25, 0.3) is 0 Å². The predicted molar refractivity (Wildman–Crippen MR) is 79.6 cm³/mol. The molecule has 0 radical (unpaired) electrons. The summed E-state index contributed by atoms with van der Waals surface area (Å²) in [6.07, 6.45) is 2.15. The van der Waals surface area contributed by atoms with Crippen LogP contribution >= 0.6 is 11.3 Å². The van der Waals surface area contributed by atoms with Crippen molar-refractivity contribution >= 4 is 22.9 Å². The molecule has 1 fully saturated rings. The van der Waals surface area contributed by atoms with Gasteiger partial charge in [-0.3, -0.25) is 9.48 Å². The van der Waals surface area contributed by atoms with Gasteiger partial charge in [-0.25, -0.2) is 0 Å². The van der Waals surface area contributed by atoms with Gasteiger partial charge in [0.1, 0.15) is 5.69 Å². The molecular weight excluding hydrogens is 272 g/mol. The maximum Gasteiger partial charge on any atom is 0.274 e. The summed E-state index contributed by atoms with van der Waals surface area (Å²) in [5.41, 5.74) is 8.89. The van der Waals surface area contributed by atoms with Gasteiger partial charge in [0, 0.05) is 19.6 Å². The minimum absolute atomic E-state index is 0.0145. The van der Waals surface area contributed by atoms with Crippen LogP contribution in [0.2, 0.25) is 0 Å². The molecule has 1 aliphatic carbocycles. The molecule has 2 heterocycles. The molecule has 1 saturated carbocycles. The SMILES string of the molecule is Cc1nn(C)c(C(=O)N(Cc2ccsc2)C2CC2)c1N. The second-order valence-electron chi connectivity index (χ2n) is 5.27. The van der Waals surface area contributed by atoms with Gasteiger partial charge in [-0.1, -0.05) is 0 Å². The Bertz CT molecular complexity index is 628. The van der Waals surface area contributed by atoms with Gasteiger partial charge >= 0.3 is 0 Å². The number of hydrogen-bond donors (Lipinski definition) is 1. The normalized spacial score (nSPS) is 14.5. The molecule has 0 bridgehead atoms. The summed E-state index contributed by atoms with van der Waals surface area (Å²) in [4.78, 5) is 14.7. The molecule has 1 amide bonds. The lowest BCUT2D eigenvalue weighted by Gasteiger charge is -2.22. The van der Waals surface area contributed by atoms with Crippen molar-refractivity contribution in [3.63, 3.8) is 0 Å². The zero-order valence-corrected chi connectivity index (χ0v) is 12.5. The Balaban J connectivity index is 1.89. The fraction of sp³-hybridized carbons (Fsp3) is 0.429. The van der Waals surface area contributed by atoms with Crippen molar-refractivity contribution in [1.82, 2.24) is 14.7 Å². The topological polar surface area (TPSA) is 64.2 Å². The largest absolute Gasteiger partial charge is 0.395 e. The molecule has 0 spiro atoms. The number of aromatic nitrogens is 2. The van der Waals surface area contributed by atoms with Crippen LogP contribution in [0.1, 0.15) is 34.6 Å². The van der Waals surface area contributed by atoms with Gasteiger partial charge in [0.2, 0.25) is 0 Å². The first-order chi connectivity index (χ1) is 9.58. The fourth-order valence-electron chi connectivity index (χ4n) is 2.40. The molecule has 0 aromatic carbocycles. The summed E-state index contributed by atoms with van der Waals surface area (Å²) in [5.74, 6) is -0.0145. The number of thiophene rings is 1. The van der Waals surface area contributed by atoms with Crippen LogP contribution in [-0.2, 0) is 13.6 Å². The highest BCUT2D eigenvalue weighted by molar-refractivity contribution is 7.07. The Kier molecular flexibility index (Phi) is 3.25. The molecule has 106 valence electrons. The Labute approximate surface area is 122 Å². The molecule has 3 rings (SSSR count). The highest BCUT2D eigenvalue weighted by Gasteiger charge is 2.35. The summed E-state index contributed by atoms with van der Waals surface area (Å²) in [5, 5.41) is 8.36. The van der Waals surface area contributed by atoms with Crippen LogP contribution in [0, 0.1) is 6.92 Å². The minimum Gasteiger partial charge on any atom is -0.395 e. The maximum absolute atomic E-state index is 12.8. The molecule has 20 heavy (non-hydrogen) atoms. The highest BCUT2D eigenvalue weighted by Crippen LogP contribution is 2.31. The molecule has 0 atom stereocenters. The molecule has 2 aromatic heterocycles. The lowest BCUT2D eigenvalue weighted by atomic mass is 10.2. The molecule has 0 unspecified atom stereocenters. The van der Waals surface area contributed by atoms with Crippen molar-refractivity contribution in [1.29, 1.82) is 0 Å². The van der Waals surface area contributed by atoms with Crippen LogP contribution in [0.4, 0.5) is 5.69 Å². The zero-order chi connectivity index (χ0) is 14.3. The van der Waals surface area contributed by atoms with Crippen molar-refractivity contribution in [2.75, 3.05) is 5.73 Å². The van der Waals surface area contributed by atoms with E-state index in [1.807, 2.05) is 17.2 Å². The van der Waals surface area contributed by atoms with Gasteiger partial charge in [-0.2, -0.15) is 16.4 Å². The first-order valence-electron chi connectivity index (χ1n) is 6.69. The number of nitrogens with zero attached hydrogens (tertiary/aromatic N) is 3. The Morgan fingerprint density at radius 2 is 2.35 bits per heavy atom. The van der Waals surface area contributed by atoms with E-state index in [0.29, 0.717) is 29.7 Å². The molecule has 5 nitrogen and oxygen atoms in total. The van der Waals surface area contributed by atoms with E-state index >= 15 is 0 Å². The monoisotopic (exact) mass is 290 g/mol. The standard InChI is InChI=1S/C14H18N4OS/c1-9-12(15)13(17(2)16-9)14(19)18(11-3-4-11)7-10-5-6-20-8-10/h5-6,8,11H,3-4,7,15H2,1-2H3. The van der Waals surface area contributed by atoms with E-state index in [1.165, 1.54) is 5.56 Å². The second-order valence-corrected chi connectivity index (χ2v) is 6.05. The lowest BCUT2D eigenvalue weighted by molar-refractivity contribution is 0.0720. The number of aryl methyl sites for hydroxylation is 2. The predicted octanol–water partition coefficient (Wildman–Crippen LogP) is 2.18. The van der Waals surface area contributed by atoms with E-state index in [-0.39, 0.29) is 5.91 Å². The van der Waals surface area contributed by atoms with Crippen molar-refractivity contribution in [3.8, 4) is 0 Å². The third kappa shape index (κ3) is 2.31. The highest BCUT2D eigenvalue weighted by atomic mass is 32.1. The number of carbonyl (C=O) groups is 1. The van der Waals surface area contributed by atoms with Crippen molar-refractivity contribution in [2.24, 2.45) is 7.05 Å². The quantitative estimate of drug-likeness (QED) is 0.938. The van der Waals surface area contributed by atoms with Gasteiger partial charge < -0.3 is 10.6 Å². The average molecular weight is 290 g/mol. The van der Waals surface area contributed by atoms with Crippen LogP contribution in [-0.4, -0.2) is 26.6 Å². The number of amides is 1. The number of rotatable bonds is 4. The Morgan fingerprint density at radius 1 is 1.60 bits per heavy atom. The average Bonchev–Trinajstić information content (AvgIpc) is 3.05. The summed E-state index contributed by atoms with van der Waals surface area (Å²) >= 11 is 1.65. The molecule has 2 N–H and O–H groups in total. The van der Waals surface area contributed by atoms with Crippen LogP contribution in [0.5, 0.6) is 0 Å². The first-order valence-corrected chi connectivity index (χ1v) is 7.63. The number of hydrogen-bond acceptors (Lipinski definition) is 4. The van der Waals surface area contributed by atoms with E-state index in [0.717, 1.165) is 12.8 Å². The Hall–Kier alpha value is -1.82. The minimum atomic E-state index is -0.0145. The third-order valence-corrected chi connectivity index (χ3v) is 4.38. The number of carbonyl (C=O) groups excluding carboxylic acids is 1. The van der Waals surface area contributed by atoms with Crippen LogP contribution < -0.4 is 5.73 Å². The first kappa shape index (κ1) is 13.2. The maximum atomic E-state index is 12.8. The van der Waals surface area contributed by atoms with Crippen molar-refractivity contribution in [3.05, 3.63) is 33.8 Å². The smallest absolute Gasteiger partial charge is 0.274 e. The Morgan fingerprint density at radius 3 is 2.85 bits per heavy atom. The van der Waals surface area contributed by atoms with E-state index in [4.69, 9.17) is 5.73 Å². The van der Waals surface area contributed by atoms with E-state index in [2.05, 4.69) is 16.5 Å². The third-order valence-electron chi connectivity index (χ3n) is 3.65. The summed E-state index contributed by atoms with van der Waals surface area (Å²) in [7, 11) is 1.77. The van der Waals surface area contributed by atoms with Crippen LogP contribution in [0.15, 0.2) is 16.8 Å². The van der Waals surface area contributed by atoms with Gasteiger partial charge in [-0.05, 0) is 42.2 Å².